The molecule has 180 valence electrons. The van der Waals surface area contributed by atoms with E-state index < -0.39 is 28.0 Å². The fourth-order valence-corrected chi connectivity index (χ4v) is 3.62. The number of anilines is 1. The van der Waals surface area contributed by atoms with Crippen LogP contribution in [0.15, 0.2) is 42.5 Å². The Hall–Kier alpha value is -2.96. The molecule has 12 heteroatoms. The number of fused-ring (bicyclic) bond motifs is 1. The first kappa shape index (κ1) is 24.7. The number of H-pyrrole nitrogens is 1. The number of alkyl halides is 2. The van der Waals surface area contributed by atoms with Crippen molar-refractivity contribution in [1.29, 1.82) is 0 Å². The van der Waals surface area contributed by atoms with Crippen molar-refractivity contribution in [3.8, 4) is 11.6 Å². The smallest absolute Gasteiger partial charge is 0.388 e. The van der Waals surface area contributed by atoms with Crippen molar-refractivity contribution in [2.24, 2.45) is 0 Å². The molecule has 1 aromatic heterocycles. The van der Waals surface area contributed by atoms with Crippen LogP contribution in [0.25, 0.3) is 10.9 Å². The average Bonchev–Trinajstić information content (AvgIpc) is 3.14. The normalized spacial score (nSPS) is 12.9. The number of nitrogens with zero attached hydrogens (tertiary/aromatic N) is 1. The highest BCUT2D eigenvalue weighted by Gasteiger charge is 2.16. The third-order valence-electron chi connectivity index (χ3n) is 4.74. The molecule has 1 unspecified atom stereocenters. The first-order valence-electron chi connectivity index (χ1n) is 10.2. The van der Waals surface area contributed by atoms with Gasteiger partial charge in [-0.15, -0.1) is 5.10 Å². The van der Waals surface area contributed by atoms with Crippen molar-refractivity contribution in [3.05, 3.63) is 48.0 Å². The molecule has 3 rings (SSSR count). The molecule has 4 N–H and O–H groups in total. The van der Waals surface area contributed by atoms with E-state index in [4.69, 9.17) is 4.74 Å². The third-order valence-corrected chi connectivity index (χ3v) is 6.50. The molecular weight excluding hydrogens is 458 g/mol. The van der Waals surface area contributed by atoms with Crippen molar-refractivity contribution >= 4 is 26.6 Å². The Morgan fingerprint density at radius 1 is 1.18 bits per heavy atom. The predicted octanol–water partition coefficient (Wildman–Crippen LogP) is 3.02. The SMILES string of the molecule is CC(C)S(=O)(=O)Nc1cccc(C(O)CNCCOc2ccc3c(OC(F)F)n[nH]c3c2)c1. The van der Waals surface area contributed by atoms with Crippen LogP contribution in [0.3, 0.4) is 0 Å². The number of sulfonamides is 1. The molecule has 0 spiro atoms. The highest BCUT2D eigenvalue weighted by Crippen LogP contribution is 2.27. The zero-order chi connectivity index (χ0) is 24.0. The van der Waals surface area contributed by atoms with Gasteiger partial charge in [0, 0.05) is 24.8 Å². The summed E-state index contributed by atoms with van der Waals surface area (Å²) in [5.74, 6) is 0.338. The van der Waals surface area contributed by atoms with Crippen molar-refractivity contribution in [1.82, 2.24) is 15.5 Å². The number of nitrogens with one attached hydrogen (secondary N) is 3. The summed E-state index contributed by atoms with van der Waals surface area (Å²) in [4.78, 5) is 0. The minimum Gasteiger partial charge on any atom is -0.492 e. The molecule has 3 aromatic rings. The van der Waals surface area contributed by atoms with Gasteiger partial charge in [-0.25, -0.2) is 8.42 Å². The van der Waals surface area contributed by atoms with Crippen LogP contribution < -0.4 is 19.5 Å². The van der Waals surface area contributed by atoms with Gasteiger partial charge in [0.25, 0.3) is 0 Å². The van der Waals surface area contributed by atoms with Crippen molar-refractivity contribution < 1.29 is 31.8 Å². The molecule has 33 heavy (non-hydrogen) atoms. The van der Waals surface area contributed by atoms with Crippen LogP contribution in [0.4, 0.5) is 14.5 Å². The number of aromatic amines is 1. The predicted molar refractivity (Wildman–Crippen MR) is 120 cm³/mol. The summed E-state index contributed by atoms with van der Waals surface area (Å²) >= 11 is 0. The third kappa shape index (κ3) is 6.76. The van der Waals surface area contributed by atoms with E-state index in [2.05, 4.69) is 25.0 Å². The van der Waals surface area contributed by atoms with E-state index in [1.807, 2.05) is 0 Å². The highest BCUT2D eigenvalue weighted by molar-refractivity contribution is 7.93. The number of benzene rings is 2. The zero-order valence-corrected chi connectivity index (χ0v) is 18.9. The molecular formula is C21H26F2N4O5S. The van der Waals surface area contributed by atoms with Crippen LogP contribution >= 0.6 is 0 Å². The van der Waals surface area contributed by atoms with Crippen LogP contribution in [0.2, 0.25) is 0 Å². The Bertz CT molecular complexity index is 1170. The van der Waals surface area contributed by atoms with E-state index in [0.717, 1.165) is 0 Å². The fourth-order valence-electron chi connectivity index (χ4n) is 2.93. The number of halogens is 2. The van der Waals surface area contributed by atoms with E-state index in [1.165, 1.54) is 0 Å². The standard InChI is InChI=1S/C21H26F2N4O5S/c1-13(2)33(29,30)27-15-5-3-4-14(10-15)19(28)12-24-8-9-31-16-6-7-17-18(11-16)25-26-20(17)32-21(22)23/h3-7,10-11,13,19,21,24,27-28H,8-9,12H2,1-2H3,(H,25,26). The second-order valence-electron chi connectivity index (χ2n) is 7.50. The van der Waals surface area contributed by atoms with Crippen molar-refractivity contribution in [2.75, 3.05) is 24.4 Å². The van der Waals surface area contributed by atoms with Gasteiger partial charge >= 0.3 is 6.61 Å². The fraction of sp³-hybridized carbons (Fsp3) is 0.381. The molecule has 0 saturated heterocycles. The Balaban J connectivity index is 1.46. The topological polar surface area (TPSA) is 126 Å². The van der Waals surface area contributed by atoms with Crippen LogP contribution in [-0.2, 0) is 10.0 Å². The molecule has 1 heterocycles. The summed E-state index contributed by atoms with van der Waals surface area (Å²) in [5, 5.41) is 19.6. The quantitative estimate of drug-likeness (QED) is 0.291. The summed E-state index contributed by atoms with van der Waals surface area (Å²) in [6.45, 7) is 1.16. The first-order chi connectivity index (χ1) is 15.7. The number of ether oxygens (including phenoxy) is 2. The minimum atomic E-state index is -3.47. The van der Waals surface area contributed by atoms with Crippen LogP contribution in [0.5, 0.6) is 11.6 Å². The van der Waals surface area contributed by atoms with Gasteiger partial charge in [0.2, 0.25) is 15.9 Å². The summed E-state index contributed by atoms with van der Waals surface area (Å²) in [6, 6.07) is 11.4. The second-order valence-corrected chi connectivity index (χ2v) is 9.74. The van der Waals surface area contributed by atoms with Gasteiger partial charge in [-0.3, -0.25) is 9.82 Å². The highest BCUT2D eigenvalue weighted by atomic mass is 32.2. The van der Waals surface area contributed by atoms with Gasteiger partial charge < -0.3 is 19.9 Å². The summed E-state index contributed by atoms with van der Waals surface area (Å²) in [6.07, 6.45) is -0.844. The largest absolute Gasteiger partial charge is 0.492 e. The maximum absolute atomic E-state index is 12.4. The van der Waals surface area contributed by atoms with E-state index in [-0.39, 0.29) is 12.4 Å². The molecule has 0 radical (unpaired) electrons. The lowest BCUT2D eigenvalue weighted by molar-refractivity contribution is -0.0518. The molecule has 0 bridgehead atoms. The van der Waals surface area contributed by atoms with Gasteiger partial charge in [0.1, 0.15) is 12.4 Å². The Morgan fingerprint density at radius 3 is 2.70 bits per heavy atom. The van der Waals surface area contributed by atoms with Gasteiger partial charge in [-0.05, 0) is 43.7 Å². The number of aromatic nitrogens is 2. The van der Waals surface area contributed by atoms with Gasteiger partial charge in [0.05, 0.1) is 22.3 Å². The number of hydrogen-bond acceptors (Lipinski definition) is 7. The van der Waals surface area contributed by atoms with Gasteiger partial charge in [0.15, 0.2) is 0 Å². The Kier molecular flexibility index (Phi) is 8.06. The summed E-state index contributed by atoms with van der Waals surface area (Å²) in [7, 11) is -3.47. The lowest BCUT2D eigenvalue weighted by Gasteiger charge is -2.15. The van der Waals surface area contributed by atoms with Gasteiger partial charge in [-0.1, -0.05) is 12.1 Å². The second kappa shape index (κ2) is 10.8. The van der Waals surface area contributed by atoms with Crippen molar-refractivity contribution in [2.45, 2.75) is 31.8 Å². The maximum atomic E-state index is 12.4. The Labute approximate surface area is 190 Å². The molecule has 0 aliphatic carbocycles. The number of aliphatic hydroxyl groups is 1. The van der Waals surface area contributed by atoms with Crippen molar-refractivity contribution in [3.63, 3.8) is 0 Å². The molecule has 0 saturated carbocycles. The number of hydrogen-bond donors (Lipinski definition) is 4. The maximum Gasteiger partial charge on any atom is 0.388 e. The zero-order valence-electron chi connectivity index (χ0n) is 18.1. The molecule has 9 nitrogen and oxygen atoms in total. The molecule has 0 aliphatic rings. The summed E-state index contributed by atoms with van der Waals surface area (Å²) < 4.78 is 61.2. The molecule has 0 aliphatic heterocycles. The van der Waals surface area contributed by atoms with Crippen LogP contribution in [0.1, 0.15) is 25.5 Å². The minimum absolute atomic E-state index is 0.178. The average molecular weight is 485 g/mol. The lowest BCUT2D eigenvalue weighted by Crippen LogP contribution is -2.26. The first-order valence-corrected chi connectivity index (χ1v) is 11.8. The van der Waals surface area contributed by atoms with E-state index in [1.54, 1.807) is 56.3 Å². The van der Waals surface area contributed by atoms with Crippen LogP contribution in [0, 0.1) is 0 Å². The van der Waals surface area contributed by atoms with E-state index in [0.29, 0.717) is 41.1 Å². The summed E-state index contributed by atoms with van der Waals surface area (Å²) in [5.41, 5.74) is 1.46. The van der Waals surface area contributed by atoms with E-state index in [9.17, 15) is 22.3 Å². The van der Waals surface area contributed by atoms with Gasteiger partial charge in [-0.2, -0.15) is 8.78 Å². The lowest BCUT2D eigenvalue weighted by atomic mass is 10.1. The molecule has 2 aromatic carbocycles. The molecule has 1 atom stereocenters. The number of aliphatic hydroxyl groups excluding tert-OH is 1. The van der Waals surface area contributed by atoms with Crippen LogP contribution in [-0.4, -0.2) is 55.3 Å². The number of rotatable bonds is 12. The Morgan fingerprint density at radius 2 is 1.97 bits per heavy atom. The molecule has 0 amide bonds. The molecule has 0 fully saturated rings. The van der Waals surface area contributed by atoms with E-state index >= 15 is 0 Å². The monoisotopic (exact) mass is 484 g/mol.